The van der Waals surface area contributed by atoms with Crippen molar-refractivity contribution in [1.29, 1.82) is 0 Å². The Kier molecular flexibility index (Phi) is 5.33. The normalized spacial score (nSPS) is 11.9. The maximum Gasteiger partial charge on any atom is 0.291 e. The molecule has 4 heteroatoms. The summed E-state index contributed by atoms with van der Waals surface area (Å²) >= 11 is 0. The molecule has 1 aromatic carbocycles. The number of unbranched alkanes of at least 4 members (excludes halogenated alkanes) is 1. The number of carbonyl (C=O) groups is 1. The highest BCUT2D eigenvalue weighted by Gasteiger charge is 2.25. The van der Waals surface area contributed by atoms with E-state index in [4.69, 9.17) is 0 Å². The molecule has 0 aliphatic rings. The summed E-state index contributed by atoms with van der Waals surface area (Å²) in [6.45, 7) is 3.57. The predicted molar refractivity (Wildman–Crippen MR) is 62.3 cm³/mol. The molecule has 0 saturated heterocycles. The lowest BCUT2D eigenvalue weighted by Crippen LogP contribution is -2.22. The van der Waals surface area contributed by atoms with Gasteiger partial charge in [-0.15, -0.1) is 6.58 Å². The van der Waals surface area contributed by atoms with Crippen LogP contribution >= 0.6 is 0 Å². The van der Waals surface area contributed by atoms with Crippen LogP contribution in [0.3, 0.4) is 0 Å². The highest BCUT2D eigenvalue weighted by atomic mass is 19.4. The summed E-state index contributed by atoms with van der Waals surface area (Å²) in [6, 6.07) is 8.66. The molecule has 1 atom stereocenters. The first-order chi connectivity index (χ1) is 8.16. The van der Waals surface area contributed by atoms with E-state index in [2.05, 4.69) is 6.58 Å². The van der Waals surface area contributed by atoms with Crippen molar-refractivity contribution < 1.29 is 13.8 Å². The average molecular weight is 239 g/mol. The van der Waals surface area contributed by atoms with Crippen LogP contribution in [-0.4, -0.2) is 11.3 Å². The van der Waals surface area contributed by atoms with Gasteiger partial charge in [0.15, 0.2) is 0 Å². The van der Waals surface area contributed by atoms with E-state index in [0.29, 0.717) is 18.4 Å². The number of amides is 1. The Labute approximate surface area is 99.4 Å². The summed E-state index contributed by atoms with van der Waals surface area (Å²) in [5.74, 6) is -1.92. The summed E-state index contributed by atoms with van der Waals surface area (Å²) in [5.41, 5.74) is 0.627. The Morgan fingerprint density at radius 3 is 2.53 bits per heavy atom. The SMILES string of the molecule is C=CCCCC(C(=O)N(F)F)c1ccccc1. The number of halogens is 2. The Morgan fingerprint density at radius 1 is 1.35 bits per heavy atom. The molecular weight excluding hydrogens is 224 g/mol. The van der Waals surface area contributed by atoms with E-state index in [-0.39, 0.29) is 0 Å². The minimum absolute atomic E-state index is 0.402. The zero-order valence-electron chi connectivity index (χ0n) is 9.48. The lowest BCUT2D eigenvalue weighted by atomic mass is 9.93. The fraction of sp³-hybridized carbons (Fsp3) is 0.308. The molecule has 0 aromatic heterocycles. The van der Waals surface area contributed by atoms with Crippen molar-refractivity contribution in [1.82, 2.24) is 5.34 Å². The van der Waals surface area contributed by atoms with Crippen LogP contribution in [0.15, 0.2) is 43.0 Å². The van der Waals surface area contributed by atoms with Gasteiger partial charge < -0.3 is 0 Å². The Balaban J connectivity index is 2.79. The summed E-state index contributed by atoms with van der Waals surface area (Å²) in [6.07, 6.45) is 3.51. The van der Waals surface area contributed by atoms with Gasteiger partial charge in [0.05, 0.1) is 5.92 Å². The van der Waals surface area contributed by atoms with Gasteiger partial charge in [0.25, 0.3) is 5.91 Å². The molecule has 0 radical (unpaired) electrons. The molecule has 0 aliphatic heterocycles. The van der Waals surface area contributed by atoms with E-state index in [0.717, 1.165) is 6.42 Å². The van der Waals surface area contributed by atoms with Gasteiger partial charge in [-0.25, -0.2) is 0 Å². The van der Waals surface area contributed by atoms with E-state index in [1.54, 1.807) is 36.4 Å². The van der Waals surface area contributed by atoms with Crippen LogP contribution in [0.2, 0.25) is 0 Å². The summed E-state index contributed by atoms with van der Waals surface area (Å²) in [7, 11) is 0. The number of allylic oxidation sites excluding steroid dienone is 1. The molecule has 0 bridgehead atoms. The number of benzene rings is 1. The fourth-order valence-electron chi connectivity index (χ4n) is 1.70. The van der Waals surface area contributed by atoms with Crippen LogP contribution < -0.4 is 0 Å². The molecule has 17 heavy (non-hydrogen) atoms. The van der Waals surface area contributed by atoms with Gasteiger partial charge in [-0.1, -0.05) is 45.4 Å². The number of hydrogen-bond acceptors (Lipinski definition) is 1. The molecule has 0 heterocycles. The molecule has 0 spiro atoms. The van der Waals surface area contributed by atoms with Gasteiger partial charge >= 0.3 is 0 Å². The van der Waals surface area contributed by atoms with Gasteiger partial charge in [0.1, 0.15) is 0 Å². The molecule has 0 saturated carbocycles. The lowest BCUT2D eigenvalue weighted by Gasteiger charge is -2.15. The van der Waals surface area contributed by atoms with Gasteiger partial charge in [-0.3, -0.25) is 4.79 Å². The standard InChI is InChI=1S/C13H15F2NO/c1-2-3-5-10-12(13(17)16(14)15)11-8-6-4-7-9-11/h2,4,6-9,12H,1,3,5,10H2. The van der Waals surface area contributed by atoms with E-state index < -0.39 is 17.2 Å². The number of rotatable bonds is 6. The topological polar surface area (TPSA) is 20.3 Å². The minimum atomic E-state index is -1.33. The smallest absolute Gasteiger partial charge is 0.269 e. The summed E-state index contributed by atoms with van der Waals surface area (Å²) in [4.78, 5) is 11.4. The quantitative estimate of drug-likeness (QED) is 0.421. The molecule has 0 N–H and O–H groups in total. The number of nitrogens with zero attached hydrogens (tertiary/aromatic N) is 1. The van der Waals surface area contributed by atoms with Crippen molar-refractivity contribution in [3.8, 4) is 0 Å². The molecule has 1 unspecified atom stereocenters. The van der Waals surface area contributed by atoms with E-state index in [9.17, 15) is 13.8 Å². The summed E-state index contributed by atoms with van der Waals surface area (Å²) < 4.78 is 24.7. The van der Waals surface area contributed by atoms with Crippen molar-refractivity contribution in [2.75, 3.05) is 0 Å². The highest BCUT2D eigenvalue weighted by Crippen LogP contribution is 2.25. The van der Waals surface area contributed by atoms with Gasteiger partial charge in [0, 0.05) is 0 Å². The third-order valence-corrected chi connectivity index (χ3v) is 2.57. The molecule has 1 amide bonds. The minimum Gasteiger partial charge on any atom is -0.269 e. The second kappa shape index (κ2) is 6.78. The molecular formula is C13H15F2NO. The number of carbonyl (C=O) groups excluding carboxylic acids is 1. The molecule has 92 valence electrons. The van der Waals surface area contributed by atoms with E-state index >= 15 is 0 Å². The van der Waals surface area contributed by atoms with Crippen molar-refractivity contribution >= 4 is 5.91 Å². The van der Waals surface area contributed by atoms with Crippen molar-refractivity contribution in [3.63, 3.8) is 0 Å². The Hall–Kier alpha value is -1.71. The summed E-state index contributed by atoms with van der Waals surface area (Å²) in [5, 5.41) is -1.33. The van der Waals surface area contributed by atoms with Crippen LogP contribution in [0.25, 0.3) is 0 Å². The fourth-order valence-corrected chi connectivity index (χ4v) is 1.70. The largest absolute Gasteiger partial charge is 0.291 e. The van der Waals surface area contributed by atoms with Crippen LogP contribution in [-0.2, 0) is 4.79 Å². The first-order valence-electron chi connectivity index (χ1n) is 5.48. The third kappa shape index (κ3) is 3.98. The predicted octanol–water partition coefficient (Wildman–Crippen LogP) is 3.72. The zero-order chi connectivity index (χ0) is 12.7. The first kappa shape index (κ1) is 13.4. The van der Waals surface area contributed by atoms with Gasteiger partial charge in [0.2, 0.25) is 0 Å². The monoisotopic (exact) mass is 239 g/mol. The maximum atomic E-state index is 12.3. The lowest BCUT2D eigenvalue weighted by molar-refractivity contribution is -0.189. The second-order valence-electron chi connectivity index (χ2n) is 3.75. The van der Waals surface area contributed by atoms with Crippen molar-refractivity contribution in [2.45, 2.75) is 25.2 Å². The van der Waals surface area contributed by atoms with Crippen LogP contribution in [0, 0.1) is 0 Å². The zero-order valence-corrected chi connectivity index (χ0v) is 9.48. The second-order valence-corrected chi connectivity index (χ2v) is 3.75. The van der Waals surface area contributed by atoms with Crippen LogP contribution in [0.4, 0.5) is 8.96 Å². The Morgan fingerprint density at radius 2 is 2.00 bits per heavy atom. The average Bonchev–Trinajstić information content (AvgIpc) is 2.35. The first-order valence-corrected chi connectivity index (χ1v) is 5.48. The molecule has 1 aromatic rings. The number of hydrogen-bond donors (Lipinski definition) is 0. The molecule has 0 fully saturated rings. The highest BCUT2D eigenvalue weighted by molar-refractivity contribution is 5.81. The maximum absolute atomic E-state index is 12.3. The Bertz CT molecular complexity index is 365. The van der Waals surface area contributed by atoms with Crippen molar-refractivity contribution in [3.05, 3.63) is 48.6 Å². The van der Waals surface area contributed by atoms with Crippen LogP contribution in [0.5, 0.6) is 0 Å². The van der Waals surface area contributed by atoms with Gasteiger partial charge in [-0.2, -0.15) is 0 Å². The molecule has 0 aliphatic carbocycles. The molecule has 2 nitrogen and oxygen atoms in total. The van der Waals surface area contributed by atoms with Crippen molar-refractivity contribution in [2.24, 2.45) is 0 Å². The third-order valence-electron chi connectivity index (χ3n) is 2.57. The van der Waals surface area contributed by atoms with Gasteiger partial charge in [-0.05, 0) is 30.2 Å². The molecule has 1 rings (SSSR count). The van der Waals surface area contributed by atoms with E-state index in [1.165, 1.54) is 0 Å². The van der Waals surface area contributed by atoms with Crippen LogP contribution in [0.1, 0.15) is 30.7 Å². The van der Waals surface area contributed by atoms with E-state index in [1.807, 2.05) is 0 Å².